The second-order valence-electron chi connectivity index (χ2n) is 2.19. The fourth-order valence-corrected chi connectivity index (χ4v) is 0.799. The Bertz CT molecular complexity index is 263. The minimum Gasteiger partial charge on any atom is -0.316 e. The summed E-state index contributed by atoms with van der Waals surface area (Å²) in [6.45, 7) is 0.790. The summed E-state index contributed by atoms with van der Waals surface area (Å²) < 4.78 is 0. The van der Waals surface area contributed by atoms with Crippen LogP contribution in [-0.2, 0) is 6.54 Å². The Labute approximate surface area is 77.8 Å². The first-order valence-electron chi connectivity index (χ1n) is 3.36. The van der Waals surface area contributed by atoms with Crippen LogP contribution < -0.4 is 5.32 Å². The van der Waals surface area contributed by atoms with Crippen LogP contribution in [0.1, 0.15) is 11.3 Å². The maximum absolute atomic E-state index is 8.43. The van der Waals surface area contributed by atoms with Gasteiger partial charge in [0.2, 0.25) is 0 Å². The number of rotatable bonds is 2. The van der Waals surface area contributed by atoms with Gasteiger partial charge in [-0.1, -0.05) is 6.07 Å². The molecule has 4 heteroatoms. The summed E-state index contributed by atoms with van der Waals surface area (Å²) in [5.41, 5.74) is 1.55. The summed E-state index contributed by atoms with van der Waals surface area (Å²) in [5.74, 6) is 0. The van der Waals surface area contributed by atoms with Gasteiger partial charge in [-0.2, -0.15) is 5.26 Å². The number of pyridine rings is 1. The maximum atomic E-state index is 8.43. The Balaban J connectivity index is 0.00000121. The summed E-state index contributed by atoms with van der Waals surface area (Å²) in [5, 5.41) is 11.4. The number of hydrogen-bond donors (Lipinski definition) is 1. The Morgan fingerprint density at radius 3 is 2.75 bits per heavy atom. The molecule has 0 aliphatic heterocycles. The summed E-state index contributed by atoms with van der Waals surface area (Å²) in [4.78, 5) is 3.91. The highest BCUT2D eigenvalue weighted by molar-refractivity contribution is 5.85. The van der Waals surface area contributed by atoms with Crippen molar-refractivity contribution in [1.82, 2.24) is 10.3 Å². The lowest BCUT2D eigenvalue weighted by molar-refractivity contribution is 0.813. The van der Waals surface area contributed by atoms with Crippen molar-refractivity contribution >= 4 is 12.4 Å². The number of nitriles is 1. The van der Waals surface area contributed by atoms with Crippen LogP contribution in [0.15, 0.2) is 18.3 Å². The predicted octanol–water partition coefficient (Wildman–Crippen LogP) is 1.09. The molecule has 3 nitrogen and oxygen atoms in total. The van der Waals surface area contributed by atoms with Gasteiger partial charge in [0, 0.05) is 12.7 Å². The molecule has 0 radical (unpaired) electrons. The molecular weight excluding hydrogens is 174 g/mol. The standard InChI is InChI=1S/C8H9N3.ClH/c1-10-5-7-2-3-8(4-9)11-6-7;/h2-3,6,10H,5H2,1H3;1H. The first-order chi connectivity index (χ1) is 5.36. The molecule has 1 N–H and O–H groups in total. The van der Waals surface area contributed by atoms with Crippen molar-refractivity contribution in [3.05, 3.63) is 29.6 Å². The van der Waals surface area contributed by atoms with Crippen LogP contribution >= 0.6 is 12.4 Å². The molecule has 0 aliphatic carbocycles. The monoisotopic (exact) mass is 183 g/mol. The van der Waals surface area contributed by atoms with E-state index in [0.29, 0.717) is 5.69 Å². The molecule has 1 heterocycles. The summed E-state index contributed by atoms with van der Waals surface area (Å²) in [6, 6.07) is 5.57. The van der Waals surface area contributed by atoms with E-state index in [1.807, 2.05) is 19.2 Å². The zero-order valence-electron chi connectivity index (χ0n) is 6.74. The normalized spacial score (nSPS) is 8.33. The van der Waals surface area contributed by atoms with E-state index in [1.165, 1.54) is 0 Å². The minimum atomic E-state index is 0. The molecule has 0 aromatic carbocycles. The molecule has 1 rings (SSSR count). The lowest BCUT2D eigenvalue weighted by Gasteiger charge is -1.96. The van der Waals surface area contributed by atoms with E-state index in [1.54, 1.807) is 12.3 Å². The number of halogens is 1. The fraction of sp³-hybridized carbons (Fsp3) is 0.250. The molecular formula is C8H10ClN3. The molecule has 1 aromatic rings. The highest BCUT2D eigenvalue weighted by Crippen LogP contribution is 1.97. The zero-order valence-corrected chi connectivity index (χ0v) is 7.56. The van der Waals surface area contributed by atoms with E-state index in [4.69, 9.17) is 5.26 Å². The molecule has 0 aliphatic rings. The van der Waals surface area contributed by atoms with Crippen molar-refractivity contribution in [2.45, 2.75) is 6.54 Å². The number of nitrogens with zero attached hydrogens (tertiary/aromatic N) is 2. The molecule has 0 amide bonds. The highest BCUT2D eigenvalue weighted by atomic mass is 35.5. The van der Waals surface area contributed by atoms with Crippen molar-refractivity contribution < 1.29 is 0 Å². The minimum absolute atomic E-state index is 0. The Kier molecular flexibility index (Phi) is 5.02. The van der Waals surface area contributed by atoms with E-state index in [-0.39, 0.29) is 12.4 Å². The van der Waals surface area contributed by atoms with Crippen LogP contribution in [0.4, 0.5) is 0 Å². The van der Waals surface area contributed by atoms with E-state index in [0.717, 1.165) is 12.1 Å². The van der Waals surface area contributed by atoms with Gasteiger partial charge in [0.25, 0.3) is 0 Å². The number of nitrogens with one attached hydrogen (secondary N) is 1. The second-order valence-corrected chi connectivity index (χ2v) is 2.19. The van der Waals surface area contributed by atoms with Gasteiger partial charge in [0.1, 0.15) is 11.8 Å². The van der Waals surface area contributed by atoms with Gasteiger partial charge in [-0.25, -0.2) is 4.98 Å². The van der Waals surface area contributed by atoms with Gasteiger partial charge in [-0.15, -0.1) is 12.4 Å². The SMILES string of the molecule is CNCc1ccc(C#N)nc1.Cl. The molecule has 0 unspecified atom stereocenters. The second kappa shape index (κ2) is 5.53. The van der Waals surface area contributed by atoms with Gasteiger partial charge in [0.15, 0.2) is 0 Å². The van der Waals surface area contributed by atoms with Crippen LogP contribution in [-0.4, -0.2) is 12.0 Å². The van der Waals surface area contributed by atoms with Crippen molar-refractivity contribution in [2.75, 3.05) is 7.05 Å². The van der Waals surface area contributed by atoms with Gasteiger partial charge < -0.3 is 5.32 Å². The van der Waals surface area contributed by atoms with Crippen LogP contribution in [0.25, 0.3) is 0 Å². The highest BCUT2D eigenvalue weighted by Gasteiger charge is 1.91. The van der Waals surface area contributed by atoms with E-state index >= 15 is 0 Å². The molecule has 0 bridgehead atoms. The van der Waals surface area contributed by atoms with Crippen molar-refractivity contribution in [3.8, 4) is 6.07 Å². The van der Waals surface area contributed by atoms with Crippen LogP contribution in [0.3, 0.4) is 0 Å². The van der Waals surface area contributed by atoms with E-state index in [9.17, 15) is 0 Å². The van der Waals surface area contributed by atoms with Crippen molar-refractivity contribution in [1.29, 1.82) is 5.26 Å². The lowest BCUT2D eigenvalue weighted by atomic mass is 10.2. The summed E-state index contributed by atoms with van der Waals surface area (Å²) in [7, 11) is 1.87. The van der Waals surface area contributed by atoms with Gasteiger partial charge in [0.05, 0.1) is 0 Å². The Morgan fingerprint density at radius 2 is 2.33 bits per heavy atom. The fourth-order valence-electron chi connectivity index (χ4n) is 0.799. The molecule has 0 fully saturated rings. The largest absolute Gasteiger partial charge is 0.316 e. The molecule has 12 heavy (non-hydrogen) atoms. The average Bonchev–Trinajstić information content (AvgIpc) is 2.07. The number of hydrogen-bond acceptors (Lipinski definition) is 3. The maximum Gasteiger partial charge on any atom is 0.140 e. The predicted molar refractivity (Wildman–Crippen MR) is 49.0 cm³/mol. The third-order valence-corrected chi connectivity index (χ3v) is 1.32. The van der Waals surface area contributed by atoms with E-state index < -0.39 is 0 Å². The van der Waals surface area contributed by atoms with Crippen LogP contribution in [0.2, 0.25) is 0 Å². The van der Waals surface area contributed by atoms with Gasteiger partial charge >= 0.3 is 0 Å². The molecule has 0 saturated heterocycles. The molecule has 0 spiro atoms. The van der Waals surface area contributed by atoms with Crippen molar-refractivity contribution in [3.63, 3.8) is 0 Å². The van der Waals surface area contributed by atoms with Crippen LogP contribution in [0.5, 0.6) is 0 Å². The molecule has 0 saturated carbocycles. The quantitative estimate of drug-likeness (QED) is 0.747. The first kappa shape index (κ1) is 10.9. The van der Waals surface area contributed by atoms with Gasteiger partial charge in [-0.3, -0.25) is 0 Å². The third-order valence-electron chi connectivity index (χ3n) is 1.32. The third kappa shape index (κ3) is 2.87. The Hall–Kier alpha value is -1.11. The van der Waals surface area contributed by atoms with Gasteiger partial charge in [-0.05, 0) is 18.7 Å². The summed E-state index contributed by atoms with van der Waals surface area (Å²) >= 11 is 0. The zero-order chi connectivity index (χ0) is 8.10. The number of aromatic nitrogens is 1. The smallest absolute Gasteiger partial charge is 0.140 e. The first-order valence-corrected chi connectivity index (χ1v) is 3.36. The summed E-state index contributed by atoms with van der Waals surface area (Å²) in [6.07, 6.45) is 1.70. The van der Waals surface area contributed by atoms with E-state index in [2.05, 4.69) is 10.3 Å². The Morgan fingerprint density at radius 1 is 1.58 bits per heavy atom. The topological polar surface area (TPSA) is 48.7 Å². The van der Waals surface area contributed by atoms with Crippen molar-refractivity contribution in [2.24, 2.45) is 0 Å². The lowest BCUT2D eigenvalue weighted by Crippen LogP contribution is -2.05. The average molecular weight is 184 g/mol. The molecule has 0 atom stereocenters. The molecule has 64 valence electrons. The molecule has 1 aromatic heterocycles. The van der Waals surface area contributed by atoms with Crippen LogP contribution in [0, 0.1) is 11.3 Å².